The minimum Gasteiger partial charge on any atom is -0.479 e. The van der Waals surface area contributed by atoms with Gasteiger partial charge >= 0.3 is 5.97 Å². The van der Waals surface area contributed by atoms with E-state index in [0.717, 1.165) is 6.07 Å². The number of benzene rings is 1. The number of aliphatic hydroxyl groups excluding tert-OH is 1. The number of rotatable bonds is 2. The Kier molecular flexibility index (Phi) is 3.23. The van der Waals surface area contributed by atoms with Gasteiger partial charge in [0, 0.05) is 10.0 Å². The normalized spacial score (nSPS) is 12.6. The van der Waals surface area contributed by atoms with Gasteiger partial charge in [0.25, 0.3) is 0 Å². The monoisotopic (exact) mass is 262 g/mol. The number of aliphatic carboxylic acids is 1. The van der Waals surface area contributed by atoms with Crippen LogP contribution in [0.1, 0.15) is 17.2 Å². The van der Waals surface area contributed by atoms with Gasteiger partial charge in [-0.3, -0.25) is 0 Å². The van der Waals surface area contributed by atoms with Crippen molar-refractivity contribution in [1.82, 2.24) is 0 Å². The Hall–Kier alpha value is -0.940. The van der Waals surface area contributed by atoms with Gasteiger partial charge in [-0.1, -0.05) is 15.9 Å². The zero-order valence-electron chi connectivity index (χ0n) is 7.29. The smallest absolute Gasteiger partial charge is 0.337 e. The molecule has 0 spiro atoms. The quantitative estimate of drug-likeness (QED) is 0.858. The Morgan fingerprint density at radius 2 is 2.14 bits per heavy atom. The fourth-order valence-corrected chi connectivity index (χ4v) is 1.93. The van der Waals surface area contributed by atoms with Crippen molar-refractivity contribution < 1.29 is 19.4 Å². The Morgan fingerprint density at radius 3 is 2.57 bits per heavy atom. The van der Waals surface area contributed by atoms with Gasteiger partial charge in [-0.25, -0.2) is 9.18 Å². The molecule has 3 nitrogen and oxygen atoms in total. The average Bonchev–Trinajstić information content (AvgIpc) is 2.01. The Bertz CT molecular complexity index is 355. The molecule has 1 rings (SSSR count). The third-order valence-corrected chi connectivity index (χ3v) is 2.46. The highest BCUT2D eigenvalue weighted by atomic mass is 79.9. The third-order valence-electron chi connectivity index (χ3n) is 1.81. The Balaban J connectivity index is 3.27. The van der Waals surface area contributed by atoms with Crippen LogP contribution in [-0.2, 0) is 4.79 Å². The Morgan fingerprint density at radius 1 is 1.57 bits per heavy atom. The van der Waals surface area contributed by atoms with Gasteiger partial charge in [0.1, 0.15) is 5.82 Å². The molecule has 1 atom stereocenters. The maximum atomic E-state index is 12.8. The van der Waals surface area contributed by atoms with E-state index in [1.165, 1.54) is 13.0 Å². The highest BCUT2D eigenvalue weighted by Gasteiger charge is 2.21. The summed E-state index contributed by atoms with van der Waals surface area (Å²) in [5.74, 6) is -1.84. The molecular formula is C9H8BrFO3. The van der Waals surface area contributed by atoms with Crippen molar-refractivity contribution in [3.63, 3.8) is 0 Å². The first-order valence-corrected chi connectivity index (χ1v) is 4.59. The number of carboxylic acids is 1. The van der Waals surface area contributed by atoms with E-state index in [0.29, 0.717) is 5.56 Å². The molecule has 2 N–H and O–H groups in total. The second-order valence-electron chi connectivity index (χ2n) is 2.86. The zero-order valence-corrected chi connectivity index (χ0v) is 8.88. The maximum absolute atomic E-state index is 12.8. The summed E-state index contributed by atoms with van der Waals surface area (Å²) < 4.78 is 13.1. The molecule has 0 radical (unpaired) electrons. The lowest BCUT2D eigenvalue weighted by Gasteiger charge is -2.11. The number of aliphatic hydroxyl groups is 1. The lowest BCUT2D eigenvalue weighted by Crippen LogP contribution is -2.12. The van der Waals surface area contributed by atoms with Crippen LogP contribution >= 0.6 is 15.9 Å². The van der Waals surface area contributed by atoms with Crippen LogP contribution in [0.15, 0.2) is 16.6 Å². The SMILES string of the molecule is Cc1cc(F)cc(Br)c1C(O)C(=O)O. The molecule has 0 aliphatic carbocycles. The zero-order chi connectivity index (χ0) is 10.9. The van der Waals surface area contributed by atoms with Crippen molar-refractivity contribution in [2.45, 2.75) is 13.0 Å². The van der Waals surface area contributed by atoms with Gasteiger partial charge in [0.2, 0.25) is 0 Å². The molecule has 76 valence electrons. The molecule has 1 unspecified atom stereocenters. The van der Waals surface area contributed by atoms with Crippen LogP contribution in [0.4, 0.5) is 4.39 Å². The third kappa shape index (κ3) is 2.10. The molecule has 1 aromatic carbocycles. The van der Waals surface area contributed by atoms with Crippen molar-refractivity contribution in [1.29, 1.82) is 0 Å². The van der Waals surface area contributed by atoms with E-state index >= 15 is 0 Å². The minimum atomic E-state index is -1.63. The molecular weight excluding hydrogens is 255 g/mol. The van der Waals surface area contributed by atoms with Gasteiger partial charge in [-0.2, -0.15) is 0 Å². The average molecular weight is 263 g/mol. The molecule has 0 saturated heterocycles. The summed E-state index contributed by atoms with van der Waals surface area (Å²) in [5, 5.41) is 17.9. The number of hydrogen-bond acceptors (Lipinski definition) is 2. The largest absolute Gasteiger partial charge is 0.479 e. The van der Waals surface area contributed by atoms with Crippen molar-refractivity contribution in [3.05, 3.63) is 33.5 Å². The summed E-state index contributed by atoms with van der Waals surface area (Å²) in [5.41, 5.74) is 0.575. The van der Waals surface area contributed by atoms with Crippen LogP contribution in [0.2, 0.25) is 0 Å². The maximum Gasteiger partial charge on any atom is 0.337 e. The van der Waals surface area contributed by atoms with E-state index in [1.54, 1.807) is 0 Å². The van der Waals surface area contributed by atoms with Gasteiger partial charge in [0.05, 0.1) is 0 Å². The van der Waals surface area contributed by atoms with Crippen LogP contribution in [0.5, 0.6) is 0 Å². The molecule has 5 heteroatoms. The highest BCUT2D eigenvalue weighted by molar-refractivity contribution is 9.10. The second-order valence-corrected chi connectivity index (χ2v) is 3.71. The van der Waals surface area contributed by atoms with E-state index in [-0.39, 0.29) is 10.0 Å². The summed E-state index contributed by atoms with van der Waals surface area (Å²) in [6.45, 7) is 1.54. The number of carboxylic acid groups (broad SMARTS) is 1. The topological polar surface area (TPSA) is 57.5 Å². The van der Waals surface area contributed by atoms with Crippen LogP contribution in [0.25, 0.3) is 0 Å². The van der Waals surface area contributed by atoms with E-state index in [9.17, 15) is 14.3 Å². The summed E-state index contributed by atoms with van der Waals surface area (Å²) in [4.78, 5) is 10.5. The number of carbonyl (C=O) groups is 1. The van der Waals surface area contributed by atoms with E-state index in [1.807, 2.05) is 0 Å². The van der Waals surface area contributed by atoms with E-state index in [2.05, 4.69) is 15.9 Å². The van der Waals surface area contributed by atoms with Gasteiger partial charge in [-0.15, -0.1) is 0 Å². The fourth-order valence-electron chi connectivity index (χ4n) is 1.18. The Labute approximate surface area is 88.3 Å². The highest BCUT2D eigenvalue weighted by Crippen LogP contribution is 2.28. The molecule has 1 aromatic rings. The first kappa shape index (κ1) is 11.1. The van der Waals surface area contributed by atoms with Crippen LogP contribution in [0.3, 0.4) is 0 Å². The molecule has 0 saturated carbocycles. The fraction of sp³-hybridized carbons (Fsp3) is 0.222. The second kappa shape index (κ2) is 4.06. The first-order chi connectivity index (χ1) is 6.43. The first-order valence-electron chi connectivity index (χ1n) is 3.80. The van der Waals surface area contributed by atoms with Crippen molar-refractivity contribution in [3.8, 4) is 0 Å². The molecule has 0 bridgehead atoms. The predicted octanol–water partition coefficient (Wildman–Crippen LogP) is 2.01. The lowest BCUT2D eigenvalue weighted by molar-refractivity contribution is -0.147. The van der Waals surface area contributed by atoms with Crippen LogP contribution in [0, 0.1) is 12.7 Å². The van der Waals surface area contributed by atoms with Gasteiger partial charge in [-0.05, 0) is 24.6 Å². The molecule has 0 aliphatic heterocycles. The van der Waals surface area contributed by atoms with Gasteiger partial charge < -0.3 is 10.2 Å². The van der Waals surface area contributed by atoms with E-state index < -0.39 is 17.9 Å². The van der Waals surface area contributed by atoms with Crippen molar-refractivity contribution >= 4 is 21.9 Å². The summed E-state index contributed by atoms with van der Waals surface area (Å²) in [6.07, 6.45) is -1.63. The molecule has 0 heterocycles. The predicted molar refractivity (Wildman–Crippen MR) is 51.4 cm³/mol. The lowest BCUT2D eigenvalue weighted by atomic mass is 10.0. The van der Waals surface area contributed by atoms with Crippen LogP contribution < -0.4 is 0 Å². The van der Waals surface area contributed by atoms with Crippen LogP contribution in [-0.4, -0.2) is 16.2 Å². The molecule has 0 amide bonds. The molecule has 0 aromatic heterocycles. The summed E-state index contributed by atoms with van der Waals surface area (Å²) in [6, 6.07) is 2.29. The van der Waals surface area contributed by atoms with Crippen molar-refractivity contribution in [2.75, 3.05) is 0 Å². The van der Waals surface area contributed by atoms with Crippen molar-refractivity contribution in [2.24, 2.45) is 0 Å². The standard InChI is InChI=1S/C9H8BrFO3/c1-4-2-5(11)3-6(10)7(4)8(12)9(13)14/h2-3,8,12H,1H3,(H,13,14). The molecule has 14 heavy (non-hydrogen) atoms. The number of halogens is 2. The van der Waals surface area contributed by atoms with Gasteiger partial charge in [0.15, 0.2) is 6.10 Å². The number of hydrogen-bond donors (Lipinski definition) is 2. The molecule has 0 fully saturated rings. The van der Waals surface area contributed by atoms with E-state index in [4.69, 9.17) is 5.11 Å². The molecule has 0 aliphatic rings. The minimum absolute atomic E-state index is 0.180. The summed E-state index contributed by atoms with van der Waals surface area (Å²) in [7, 11) is 0. The number of aryl methyl sites for hydroxylation is 1. The summed E-state index contributed by atoms with van der Waals surface area (Å²) >= 11 is 3.00.